The number of H-pyrrole nitrogens is 1. The lowest BCUT2D eigenvalue weighted by Gasteiger charge is -2.50. The minimum atomic E-state index is -1.60. The van der Waals surface area contributed by atoms with E-state index in [2.05, 4.69) is 111 Å². The first-order valence-electron chi connectivity index (χ1n) is 43.6. The number of rotatable bonds is 33. The highest BCUT2D eigenvalue weighted by Gasteiger charge is 2.65. The fourth-order valence-electron chi connectivity index (χ4n) is 19.6. The van der Waals surface area contributed by atoms with Crippen molar-refractivity contribution in [3.63, 3.8) is 0 Å². The first-order chi connectivity index (χ1) is 58.3. The molecule has 1 spiro atoms. The molecule has 0 aliphatic carbocycles. The molecule has 6 saturated heterocycles. The molecule has 0 radical (unpaired) electrons. The van der Waals surface area contributed by atoms with Gasteiger partial charge in [0.25, 0.3) is 11.5 Å². The molecule has 0 bridgehead atoms. The predicted octanol–water partition coefficient (Wildman–Crippen LogP) is 9.61. The molecule has 11 N–H and O–H groups in total. The summed E-state index contributed by atoms with van der Waals surface area (Å²) >= 11 is 0. The molecule has 31 nitrogen and oxygen atoms in total. The molecular formula is C89H125N15O16S2. The second-order valence-corrected chi connectivity index (χ2v) is 38.5. The van der Waals surface area contributed by atoms with Gasteiger partial charge in [-0.3, -0.25) is 38.5 Å². The Morgan fingerprint density at radius 2 is 1.52 bits per heavy atom. The number of aryl methyl sites for hydroxylation is 1. The van der Waals surface area contributed by atoms with Crippen LogP contribution in [0.2, 0.25) is 0 Å². The van der Waals surface area contributed by atoms with Crippen molar-refractivity contribution in [2.24, 2.45) is 48.5 Å². The van der Waals surface area contributed by atoms with Crippen LogP contribution in [0.1, 0.15) is 194 Å². The average molecular weight is 1730 g/mol. The van der Waals surface area contributed by atoms with Crippen LogP contribution in [0.4, 0.5) is 17.3 Å². The smallest absolute Gasteiger partial charge is 0.280 e. The molecule has 6 amide bonds. The number of para-hydroxylation sites is 1. The van der Waals surface area contributed by atoms with E-state index in [1.54, 1.807) is 69.5 Å². The number of benzene rings is 3. The van der Waals surface area contributed by atoms with Crippen molar-refractivity contribution in [2.75, 3.05) is 54.3 Å². The number of nitrogens with one attached hydrogen (secondary N) is 7. The number of anilines is 3. The maximum absolute atomic E-state index is 14.3. The normalized spacial score (nSPS) is 30.4. The maximum atomic E-state index is 14.3. The van der Waals surface area contributed by atoms with Crippen LogP contribution in [0.25, 0.3) is 33.7 Å². The third kappa shape index (κ3) is 20.8. The van der Waals surface area contributed by atoms with Gasteiger partial charge in [-0.1, -0.05) is 118 Å². The molecule has 33 heteroatoms. The molecule has 3 aromatic carbocycles. The van der Waals surface area contributed by atoms with Crippen LogP contribution in [0.3, 0.4) is 0 Å². The summed E-state index contributed by atoms with van der Waals surface area (Å²) in [4.78, 5) is 112. The number of aliphatic hydroxyl groups is 2. The third-order valence-electron chi connectivity index (χ3n) is 26.4. The van der Waals surface area contributed by atoms with E-state index in [9.17, 15) is 43.8 Å². The number of amides is 6. The zero-order valence-electron chi connectivity index (χ0n) is 72.6. The number of nitrogens with zero attached hydrogens (tertiary/aromatic N) is 7. The Balaban J connectivity index is 0.561. The van der Waals surface area contributed by atoms with Crippen molar-refractivity contribution in [1.82, 2.24) is 61.5 Å². The third-order valence-corrected chi connectivity index (χ3v) is 29.0. The van der Waals surface area contributed by atoms with Gasteiger partial charge in [0.1, 0.15) is 11.7 Å². The van der Waals surface area contributed by atoms with Gasteiger partial charge in [-0.05, 0) is 146 Å². The second kappa shape index (κ2) is 39.5. The summed E-state index contributed by atoms with van der Waals surface area (Å²) in [5, 5.41) is 48.4. The molecule has 6 fully saturated rings. The van der Waals surface area contributed by atoms with Gasteiger partial charge in [-0.15, -0.1) is 5.10 Å². The van der Waals surface area contributed by atoms with Crippen LogP contribution in [0, 0.1) is 41.4 Å². The van der Waals surface area contributed by atoms with Crippen molar-refractivity contribution in [2.45, 2.75) is 275 Å². The molecule has 13 rings (SSSR count). The van der Waals surface area contributed by atoms with Crippen LogP contribution in [0.15, 0.2) is 83.8 Å². The molecule has 0 saturated carbocycles. The van der Waals surface area contributed by atoms with Gasteiger partial charge >= 0.3 is 0 Å². The van der Waals surface area contributed by atoms with Crippen molar-refractivity contribution in [3.8, 4) is 22.5 Å². The van der Waals surface area contributed by atoms with E-state index in [0.29, 0.717) is 59.9 Å². The number of methoxy groups -OCH3 is 1. The Morgan fingerprint density at radius 3 is 2.30 bits per heavy atom. The van der Waals surface area contributed by atoms with Crippen LogP contribution < -0.4 is 48.1 Å². The van der Waals surface area contributed by atoms with Crippen LogP contribution in [-0.2, 0) is 77.3 Å². The van der Waals surface area contributed by atoms with E-state index in [4.69, 9.17) is 38.9 Å². The number of aliphatic hydroxyl groups excluding tert-OH is 1. The van der Waals surface area contributed by atoms with Gasteiger partial charge in [-0.25, -0.2) is 14.6 Å². The summed E-state index contributed by atoms with van der Waals surface area (Å²) < 4.78 is 50.0. The molecule has 22 atom stereocenters. The van der Waals surface area contributed by atoms with Crippen LogP contribution >= 0.6 is 21.6 Å². The lowest BCUT2D eigenvalue weighted by molar-refractivity contribution is -0.353. The molecule has 7 aliphatic heterocycles. The summed E-state index contributed by atoms with van der Waals surface area (Å²) in [5.41, 5.74) is 10.4. The van der Waals surface area contributed by atoms with E-state index in [1.165, 1.54) is 6.20 Å². The SMILES string of the molecule is CO[C@@H]1C[C@@H](C[C@H]2CC[C@H](C)C([C@@H](C)C(=O)NCCSSC[C@@H](C)NC(=O)C(CCCNC(=O)CCC(=O)N3Cc4ccccc4-c4nnn(C)c4-c4ccccc43)NC(=O)CC[C@@H](C)NC(=O)c3ccc(NCc4cnc5nc(N)[nH]c(=O)c5n4)cc3)O2)O[C@]2(O[C@@](C)(C3CC[C@@](C)([C@@H]4O[C@@H]([C@@H]5O[C@@](O)(CO)[C@H](C)C[C@@H]5C)C[C@@H]4C)O3)C[C@H]2C)[C@@H]1C. The zero-order chi connectivity index (χ0) is 87.1. The standard InChI is InChI=1S/C89H125N15O16S2/c1-49-24-30-62(41-63-42-68(114-13)57(9)89(117-63)53(5)43-87(11,120-89)70-34-35-86(10,118-70)79-51(3)40-69(116-79)78-50(2)39-52(4)88(113,48-105)119-78)115-77(49)56(8)81(109)92-37-38-121-122-47-55(7)96-83(111)66(98-72(107)31-25-54(6)95-82(110)58-26-28-60(29-27-58)93-44-61-45-94-80-75(97-61)84(112)100-85(90)99-80)22-18-36-91-71(106)32-33-73(108)104-46-59-19-14-15-20-64(59)74-76(103(12)102-101-74)65-21-16-17-23-67(65)104/h14-17,19-21,23,26-29,45,49-57,62-63,66,68-70,77-79,93,105,113H,18,22,24-25,30-44,46-48H2,1-13H3,(H,91,106)(H,92,109)(H,95,110)(H,96,111)(H,98,107)(H3,90,94,99,100,112)/t49-,50-,51-,52+,53+,54+,55+,56+,57+,62+,63+,66?,68+,69+,70?,77?,78+,79+,86-,87+,88-,89+/m0/s1. The van der Waals surface area contributed by atoms with Gasteiger partial charge in [0.15, 0.2) is 22.7 Å². The van der Waals surface area contributed by atoms with Gasteiger partial charge in [0.05, 0.1) is 109 Å². The molecule has 10 heterocycles. The molecule has 6 aromatic rings. The summed E-state index contributed by atoms with van der Waals surface area (Å²) in [6.07, 6.45) is 7.08. The summed E-state index contributed by atoms with van der Waals surface area (Å²) in [5.74, 6) is -3.53. The monoisotopic (exact) mass is 1720 g/mol. The van der Waals surface area contributed by atoms with Gasteiger partial charge in [0.2, 0.25) is 35.5 Å². The molecule has 664 valence electrons. The molecule has 7 aliphatic rings. The molecule has 3 aromatic heterocycles. The number of carbonyl (C=O) groups is 6. The number of nitrogen functional groups attached to an aromatic ring is 1. The number of nitrogens with two attached hydrogens (primary N) is 1. The number of aromatic nitrogens is 7. The fraction of sp³-hybridized carbons (Fsp3) is 0.640. The molecule has 3 unspecified atom stereocenters. The Bertz CT molecular complexity index is 4740. The minimum absolute atomic E-state index is 0.0107. The quantitative estimate of drug-likeness (QED) is 0.0135. The Labute approximate surface area is 722 Å². The van der Waals surface area contributed by atoms with Gasteiger partial charge in [0, 0.05) is 123 Å². The first kappa shape index (κ1) is 91.5. The van der Waals surface area contributed by atoms with E-state index >= 15 is 0 Å². The topological polar surface area (TPSA) is 411 Å². The highest BCUT2D eigenvalue weighted by molar-refractivity contribution is 8.76. The average Bonchev–Trinajstić information content (AvgIpc) is 1.56. The van der Waals surface area contributed by atoms with Crippen molar-refractivity contribution in [1.29, 1.82) is 0 Å². The minimum Gasteiger partial charge on any atom is -0.391 e. The predicted molar refractivity (Wildman–Crippen MR) is 465 cm³/mol. The van der Waals surface area contributed by atoms with Gasteiger partial charge in [-0.2, -0.15) is 4.98 Å². The summed E-state index contributed by atoms with van der Waals surface area (Å²) in [7, 11) is 6.72. The molecule has 122 heavy (non-hydrogen) atoms. The number of hydrogen-bond acceptors (Lipinski definition) is 25. The largest absolute Gasteiger partial charge is 0.391 e. The van der Waals surface area contributed by atoms with E-state index in [1.807, 2.05) is 76.3 Å². The lowest BCUT2D eigenvalue weighted by Crippen LogP contribution is -2.58. The maximum Gasteiger partial charge on any atom is 0.280 e. The summed E-state index contributed by atoms with van der Waals surface area (Å²) in [6.45, 7) is 23.4. The van der Waals surface area contributed by atoms with Crippen molar-refractivity contribution >= 4 is 85.5 Å². The number of hydrogen-bond donors (Lipinski definition) is 10. The highest BCUT2D eigenvalue weighted by Crippen LogP contribution is 2.57. The van der Waals surface area contributed by atoms with E-state index in [0.717, 1.165) is 73.0 Å². The number of aromatic amines is 1. The van der Waals surface area contributed by atoms with Crippen LogP contribution in [-0.4, -0.2) is 209 Å². The highest BCUT2D eigenvalue weighted by atomic mass is 33.1. The zero-order valence-corrected chi connectivity index (χ0v) is 74.2. The number of ether oxygens (including phenoxy) is 7. The van der Waals surface area contributed by atoms with Crippen LogP contribution in [0.5, 0.6) is 0 Å². The first-order valence-corrected chi connectivity index (χ1v) is 46.1. The number of carbonyl (C=O) groups excluding carboxylic acids is 6. The second-order valence-electron chi connectivity index (χ2n) is 35.9. The van der Waals surface area contributed by atoms with Gasteiger partial charge < -0.3 is 85.9 Å². The lowest BCUT2D eigenvalue weighted by atomic mass is 9.78. The fourth-order valence-corrected chi connectivity index (χ4v) is 21.8. The van der Waals surface area contributed by atoms with Crippen molar-refractivity contribution in [3.05, 3.63) is 106 Å². The van der Waals surface area contributed by atoms with E-state index < -0.39 is 64.8 Å². The Morgan fingerprint density at radius 1 is 0.762 bits per heavy atom. The summed E-state index contributed by atoms with van der Waals surface area (Å²) in [6, 6.07) is 20.4. The Hall–Kier alpha value is -8.22. The molecular weight excluding hydrogens is 1600 g/mol. The number of fused-ring (bicyclic) bond motifs is 6. The van der Waals surface area contributed by atoms with Crippen molar-refractivity contribution < 1.29 is 72.1 Å². The Kier molecular flexibility index (Phi) is 29.6. The van der Waals surface area contributed by atoms with E-state index in [-0.39, 0.29) is 183 Å².